The molecule has 0 saturated carbocycles. The molecule has 120 valence electrons. The van der Waals surface area contributed by atoms with Gasteiger partial charge in [-0.05, 0) is 36.6 Å². The fourth-order valence-corrected chi connectivity index (χ4v) is 4.08. The van der Waals surface area contributed by atoms with Crippen LogP contribution in [0.2, 0.25) is 4.34 Å². The van der Waals surface area contributed by atoms with Crippen molar-refractivity contribution in [1.82, 2.24) is 10.2 Å². The predicted molar refractivity (Wildman–Crippen MR) is 90.1 cm³/mol. The number of rotatable bonds is 7. The van der Waals surface area contributed by atoms with Gasteiger partial charge in [0.15, 0.2) is 5.82 Å². The molecule has 0 aromatic carbocycles. The second-order valence-corrected chi connectivity index (χ2v) is 8.70. The van der Waals surface area contributed by atoms with Gasteiger partial charge in [0.25, 0.3) is 10.0 Å². The number of thiophene rings is 1. The molecule has 0 saturated heterocycles. The van der Waals surface area contributed by atoms with Crippen LogP contribution in [0.1, 0.15) is 20.3 Å². The Morgan fingerprint density at radius 1 is 1.18 bits per heavy atom. The summed E-state index contributed by atoms with van der Waals surface area (Å²) in [4.78, 5) is 0. The normalized spacial score (nSPS) is 11.6. The van der Waals surface area contributed by atoms with E-state index in [0.29, 0.717) is 16.1 Å². The Hall–Kier alpha value is -1.38. The van der Waals surface area contributed by atoms with Gasteiger partial charge in [-0.3, -0.25) is 4.72 Å². The molecular formula is C13H17ClN4O2S2. The van der Waals surface area contributed by atoms with Crippen molar-refractivity contribution < 1.29 is 8.42 Å². The maximum Gasteiger partial charge on any atom is 0.272 e. The maximum absolute atomic E-state index is 12.1. The first-order chi connectivity index (χ1) is 10.4. The highest BCUT2D eigenvalue weighted by Crippen LogP contribution is 2.26. The molecular weight excluding hydrogens is 344 g/mol. The van der Waals surface area contributed by atoms with Crippen LogP contribution in [0.4, 0.5) is 11.6 Å². The Morgan fingerprint density at radius 2 is 1.86 bits per heavy atom. The molecule has 22 heavy (non-hydrogen) atoms. The van der Waals surface area contributed by atoms with Gasteiger partial charge in [0.1, 0.15) is 10.0 Å². The summed E-state index contributed by atoms with van der Waals surface area (Å²) in [5.74, 6) is 1.38. The summed E-state index contributed by atoms with van der Waals surface area (Å²) in [5.41, 5.74) is 0. The molecule has 0 atom stereocenters. The van der Waals surface area contributed by atoms with Crippen LogP contribution >= 0.6 is 22.9 Å². The maximum atomic E-state index is 12.1. The van der Waals surface area contributed by atoms with Crippen molar-refractivity contribution in [3.8, 4) is 0 Å². The zero-order valence-electron chi connectivity index (χ0n) is 12.2. The molecule has 2 rings (SSSR count). The van der Waals surface area contributed by atoms with Crippen molar-refractivity contribution in [2.24, 2.45) is 5.92 Å². The largest absolute Gasteiger partial charge is 0.369 e. The molecule has 0 aliphatic heterocycles. The third-order valence-electron chi connectivity index (χ3n) is 2.74. The number of aromatic nitrogens is 2. The summed E-state index contributed by atoms with van der Waals surface area (Å²) < 4.78 is 27.1. The van der Waals surface area contributed by atoms with Gasteiger partial charge in [-0.1, -0.05) is 25.4 Å². The van der Waals surface area contributed by atoms with E-state index in [1.165, 1.54) is 12.1 Å². The van der Waals surface area contributed by atoms with Crippen molar-refractivity contribution in [3.05, 3.63) is 28.6 Å². The first-order valence-corrected chi connectivity index (χ1v) is 9.40. The van der Waals surface area contributed by atoms with E-state index in [0.717, 1.165) is 24.3 Å². The number of hydrogen-bond donors (Lipinski definition) is 2. The van der Waals surface area contributed by atoms with Gasteiger partial charge in [-0.15, -0.1) is 21.5 Å². The second kappa shape index (κ2) is 7.26. The van der Waals surface area contributed by atoms with Crippen molar-refractivity contribution in [2.75, 3.05) is 16.6 Å². The fourth-order valence-electron chi connectivity index (χ4n) is 1.60. The highest BCUT2D eigenvalue weighted by Gasteiger charge is 2.17. The zero-order chi connectivity index (χ0) is 16.2. The molecule has 0 fully saturated rings. The molecule has 0 spiro atoms. The van der Waals surface area contributed by atoms with Gasteiger partial charge < -0.3 is 5.32 Å². The number of hydrogen-bond acceptors (Lipinski definition) is 6. The van der Waals surface area contributed by atoms with E-state index in [1.54, 1.807) is 12.1 Å². The van der Waals surface area contributed by atoms with Crippen LogP contribution in [0.3, 0.4) is 0 Å². The number of sulfonamides is 1. The summed E-state index contributed by atoms with van der Waals surface area (Å²) in [6.45, 7) is 5.08. The van der Waals surface area contributed by atoms with Crippen LogP contribution in [-0.2, 0) is 10.0 Å². The molecule has 0 bridgehead atoms. The van der Waals surface area contributed by atoms with Crippen LogP contribution in [0.25, 0.3) is 0 Å². The van der Waals surface area contributed by atoms with E-state index >= 15 is 0 Å². The molecule has 6 nitrogen and oxygen atoms in total. The third kappa shape index (κ3) is 4.82. The van der Waals surface area contributed by atoms with Gasteiger partial charge in [0.2, 0.25) is 0 Å². The van der Waals surface area contributed by atoms with Crippen LogP contribution in [0.5, 0.6) is 0 Å². The number of nitrogens with one attached hydrogen (secondary N) is 2. The Kier molecular flexibility index (Phi) is 5.60. The Morgan fingerprint density at radius 3 is 2.41 bits per heavy atom. The van der Waals surface area contributed by atoms with E-state index in [-0.39, 0.29) is 10.0 Å². The van der Waals surface area contributed by atoms with Crippen molar-refractivity contribution in [1.29, 1.82) is 0 Å². The lowest BCUT2D eigenvalue weighted by atomic mass is 10.1. The quantitative estimate of drug-likeness (QED) is 0.790. The van der Waals surface area contributed by atoms with E-state index in [1.807, 2.05) is 0 Å². The van der Waals surface area contributed by atoms with Gasteiger partial charge in [0, 0.05) is 6.54 Å². The lowest BCUT2D eigenvalue weighted by Crippen LogP contribution is -2.13. The third-order valence-corrected chi connectivity index (χ3v) is 5.82. The average molecular weight is 361 g/mol. The molecule has 0 amide bonds. The fraction of sp³-hybridized carbons (Fsp3) is 0.385. The Labute approximate surface area is 139 Å². The Balaban J connectivity index is 1.99. The lowest BCUT2D eigenvalue weighted by Gasteiger charge is -2.08. The topological polar surface area (TPSA) is 84.0 Å². The second-order valence-electron chi connectivity index (χ2n) is 5.08. The van der Waals surface area contributed by atoms with Crippen molar-refractivity contribution in [2.45, 2.75) is 24.5 Å². The summed E-state index contributed by atoms with van der Waals surface area (Å²) in [6.07, 6.45) is 1.02. The highest BCUT2D eigenvalue weighted by atomic mass is 35.5. The summed E-state index contributed by atoms with van der Waals surface area (Å²) in [7, 11) is -3.67. The predicted octanol–water partition coefficient (Wildman–Crippen LogP) is 3.45. The summed E-state index contributed by atoms with van der Waals surface area (Å²) in [5, 5.41) is 10.9. The van der Waals surface area contributed by atoms with Crippen LogP contribution in [0.15, 0.2) is 28.5 Å². The molecule has 9 heteroatoms. The Bertz CT molecular complexity index is 714. The van der Waals surface area contributed by atoms with Crippen LogP contribution < -0.4 is 10.0 Å². The SMILES string of the molecule is CC(C)CCNc1ccc(NS(=O)(=O)c2ccc(Cl)s2)nn1. The molecule has 2 heterocycles. The molecule has 2 aromatic rings. The minimum atomic E-state index is -3.67. The minimum absolute atomic E-state index is 0.137. The van der Waals surface area contributed by atoms with Gasteiger partial charge >= 0.3 is 0 Å². The summed E-state index contributed by atoms with van der Waals surface area (Å²) in [6, 6.07) is 6.24. The zero-order valence-corrected chi connectivity index (χ0v) is 14.6. The standard InChI is InChI=1S/C13H17ClN4O2S2/c1-9(2)7-8-15-11-4-5-12(17-16-11)18-22(19,20)13-6-3-10(14)21-13/h3-6,9H,7-8H2,1-2H3,(H,15,16)(H,17,18). The summed E-state index contributed by atoms with van der Waals surface area (Å²) >= 11 is 6.74. The van der Waals surface area contributed by atoms with E-state index in [9.17, 15) is 8.42 Å². The van der Waals surface area contributed by atoms with Gasteiger partial charge in [0.05, 0.1) is 4.34 Å². The number of anilines is 2. The number of halogens is 1. The van der Waals surface area contributed by atoms with E-state index < -0.39 is 10.0 Å². The smallest absolute Gasteiger partial charge is 0.272 e. The molecule has 2 N–H and O–H groups in total. The molecule has 0 aliphatic carbocycles. The monoisotopic (exact) mass is 360 g/mol. The molecule has 0 aliphatic rings. The van der Waals surface area contributed by atoms with E-state index in [2.05, 4.69) is 34.1 Å². The minimum Gasteiger partial charge on any atom is -0.369 e. The molecule has 0 radical (unpaired) electrons. The van der Waals surface area contributed by atoms with E-state index in [4.69, 9.17) is 11.6 Å². The average Bonchev–Trinajstić information content (AvgIpc) is 2.88. The molecule has 2 aromatic heterocycles. The van der Waals surface area contributed by atoms with Gasteiger partial charge in [-0.2, -0.15) is 0 Å². The lowest BCUT2D eigenvalue weighted by molar-refractivity contribution is 0.602. The van der Waals surface area contributed by atoms with Crippen molar-refractivity contribution >= 4 is 44.6 Å². The molecule has 0 unspecified atom stereocenters. The first kappa shape index (κ1) is 17.0. The first-order valence-electron chi connectivity index (χ1n) is 6.72. The van der Waals surface area contributed by atoms with Crippen LogP contribution in [0, 0.1) is 5.92 Å². The highest BCUT2D eigenvalue weighted by molar-refractivity contribution is 7.94. The van der Waals surface area contributed by atoms with Gasteiger partial charge in [-0.25, -0.2) is 8.42 Å². The van der Waals surface area contributed by atoms with Crippen LogP contribution in [-0.4, -0.2) is 25.2 Å². The number of nitrogens with zero attached hydrogens (tertiary/aromatic N) is 2. The van der Waals surface area contributed by atoms with Crippen molar-refractivity contribution in [3.63, 3.8) is 0 Å².